The largest absolute Gasteiger partial charge is 0.456 e. The van der Waals surface area contributed by atoms with E-state index in [1.165, 1.54) is 21.9 Å². The maximum absolute atomic E-state index is 6.51. The van der Waals surface area contributed by atoms with Gasteiger partial charge in [0.2, 0.25) is 0 Å². The van der Waals surface area contributed by atoms with Crippen molar-refractivity contribution in [3.8, 4) is 33.5 Å². The molecule has 0 aliphatic heterocycles. The van der Waals surface area contributed by atoms with Gasteiger partial charge in [-0.3, -0.25) is 9.97 Å². The SMILES string of the molecule is C/C=C\c1oc2c(ccc3c(-c4ccc(-c5ccc6cc(-c7cc8cccnc8c8ncccc78)ccc6c5)cc4)nc4ccccc4c32)c1C. The highest BCUT2D eigenvalue weighted by Crippen LogP contribution is 2.41. The fraction of sp³-hybridized carbons (Fsp3) is 0.0426. The Morgan fingerprint density at radius 2 is 1.24 bits per heavy atom. The highest BCUT2D eigenvalue weighted by molar-refractivity contribution is 6.21. The molecule has 0 aliphatic carbocycles. The van der Waals surface area contributed by atoms with E-state index in [0.717, 1.165) is 88.2 Å². The lowest BCUT2D eigenvalue weighted by molar-refractivity contribution is 0.604. The lowest BCUT2D eigenvalue weighted by Gasteiger charge is -2.12. The molecule has 10 aromatic rings. The zero-order valence-electron chi connectivity index (χ0n) is 28.2. The van der Waals surface area contributed by atoms with E-state index in [0.29, 0.717) is 0 Å². The number of aromatic nitrogens is 3. The van der Waals surface area contributed by atoms with Crippen LogP contribution in [0.4, 0.5) is 0 Å². The van der Waals surface area contributed by atoms with Gasteiger partial charge in [0, 0.05) is 55.8 Å². The minimum absolute atomic E-state index is 0.899. The first kappa shape index (κ1) is 29.3. The monoisotopic (exact) mass is 653 g/mol. The van der Waals surface area contributed by atoms with E-state index in [1.807, 2.05) is 49.7 Å². The number of furan rings is 1. The van der Waals surface area contributed by atoms with Gasteiger partial charge in [-0.2, -0.15) is 0 Å². The molecule has 0 bridgehead atoms. The van der Waals surface area contributed by atoms with Crippen LogP contribution in [0.5, 0.6) is 0 Å². The number of hydrogen-bond acceptors (Lipinski definition) is 4. The van der Waals surface area contributed by atoms with Gasteiger partial charge in [0.15, 0.2) is 0 Å². The molecule has 4 heterocycles. The summed E-state index contributed by atoms with van der Waals surface area (Å²) in [5, 5.41) is 9.01. The zero-order valence-corrected chi connectivity index (χ0v) is 28.2. The average molecular weight is 654 g/mol. The minimum Gasteiger partial charge on any atom is -0.456 e. The molecule has 51 heavy (non-hydrogen) atoms. The predicted octanol–water partition coefficient (Wildman–Crippen LogP) is 12.7. The maximum atomic E-state index is 6.51. The van der Waals surface area contributed by atoms with Crippen LogP contribution in [-0.4, -0.2) is 15.0 Å². The summed E-state index contributed by atoms with van der Waals surface area (Å²) < 4.78 is 6.51. The van der Waals surface area contributed by atoms with Crippen molar-refractivity contribution < 1.29 is 4.42 Å². The highest BCUT2D eigenvalue weighted by atomic mass is 16.3. The number of fused-ring (bicyclic) bond motifs is 9. The Balaban J connectivity index is 1.04. The zero-order chi connectivity index (χ0) is 34.1. The second kappa shape index (κ2) is 11.5. The summed E-state index contributed by atoms with van der Waals surface area (Å²) in [6.07, 6.45) is 7.74. The Morgan fingerprint density at radius 3 is 2.08 bits per heavy atom. The third kappa shape index (κ3) is 4.64. The molecular formula is C47H31N3O. The summed E-state index contributed by atoms with van der Waals surface area (Å²) in [5.41, 5.74) is 11.6. The topological polar surface area (TPSA) is 51.8 Å². The first-order valence-electron chi connectivity index (χ1n) is 17.3. The Kier molecular flexibility index (Phi) is 6.58. The summed E-state index contributed by atoms with van der Waals surface area (Å²) >= 11 is 0. The minimum atomic E-state index is 0.899. The molecule has 240 valence electrons. The van der Waals surface area contributed by atoms with Gasteiger partial charge >= 0.3 is 0 Å². The number of nitrogens with zero attached hydrogens (tertiary/aromatic N) is 3. The van der Waals surface area contributed by atoms with Gasteiger partial charge in [0.1, 0.15) is 11.3 Å². The van der Waals surface area contributed by atoms with Gasteiger partial charge < -0.3 is 4.42 Å². The molecule has 0 saturated carbocycles. The third-order valence-electron chi connectivity index (χ3n) is 10.2. The van der Waals surface area contributed by atoms with Crippen molar-refractivity contribution in [3.63, 3.8) is 0 Å². The van der Waals surface area contributed by atoms with Crippen LogP contribution in [0.1, 0.15) is 18.2 Å². The Bertz CT molecular complexity index is 3040. The fourth-order valence-electron chi connectivity index (χ4n) is 7.69. The predicted molar refractivity (Wildman–Crippen MR) is 213 cm³/mol. The van der Waals surface area contributed by atoms with E-state index in [-0.39, 0.29) is 0 Å². The lowest BCUT2D eigenvalue weighted by atomic mass is 9.94. The van der Waals surface area contributed by atoms with Crippen molar-refractivity contribution in [1.29, 1.82) is 0 Å². The van der Waals surface area contributed by atoms with Crippen molar-refractivity contribution in [2.45, 2.75) is 13.8 Å². The summed E-state index contributed by atoms with van der Waals surface area (Å²) in [5.74, 6) is 0.899. The van der Waals surface area contributed by atoms with Crippen molar-refractivity contribution in [2.24, 2.45) is 0 Å². The van der Waals surface area contributed by atoms with E-state index in [9.17, 15) is 0 Å². The van der Waals surface area contributed by atoms with Gasteiger partial charge in [0.25, 0.3) is 0 Å². The number of pyridine rings is 3. The normalized spacial score (nSPS) is 12.0. The molecule has 4 nitrogen and oxygen atoms in total. The number of benzene rings is 6. The van der Waals surface area contributed by atoms with Crippen LogP contribution in [0.25, 0.3) is 105 Å². The van der Waals surface area contributed by atoms with Crippen molar-refractivity contribution in [3.05, 3.63) is 157 Å². The molecule has 0 spiro atoms. The highest BCUT2D eigenvalue weighted by Gasteiger charge is 2.18. The summed E-state index contributed by atoms with van der Waals surface area (Å²) in [7, 11) is 0. The van der Waals surface area contributed by atoms with Crippen LogP contribution >= 0.6 is 0 Å². The molecule has 4 heteroatoms. The van der Waals surface area contributed by atoms with Crippen LogP contribution < -0.4 is 0 Å². The van der Waals surface area contributed by atoms with Crippen LogP contribution in [0.3, 0.4) is 0 Å². The van der Waals surface area contributed by atoms with Gasteiger partial charge in [-0.25, -0.2) is 4.98 Å². The molecule has 0 unspecified atom stereocenters. The van der Waals surface area contributed by atoms with Crippen LogP contribution in [0, 0.1) is 6.92 Å². The first-order chi connectivity index (χ1) is 25.1. The van der Waals surface area contributed by atoms with Crippen molar-refractivity contribution in [2.75, 3.05) is 0 Å². The molecule has 10 rings (SSSR count). The number of allylic oxidation sites excluding steroid dienone is 1. The van der Waals surface area contributed by atoms with E-state index >= 15 is 0 Å². The first-order valence-corrected chi connectivity index (χ1v) is 17.3. The van der Waals surface area contributed by atoms with Crippen molar-refractivity contribution in [1.82, 2.24) is 15.0 Å². The number of hydrogen-bond donors (Lipinski definition) is 0. The van der Waals surface area contributed by atoms with Gasteiger partial charge in [0.05, 0.1) is 22.2 Å². The quantitative estimate of drug-likeness (QED) is 0.177. The number of aryl methyl sites for hydroxylation is 1. The molecule has 0 radical (unpaired) electrons. The summed E-state index contributed by atoms with van der Waals surface area (Å²) in [6.45, 7) is 4.15. The molecular weight excluding hydrogens is 623 g/mol. The molecule has 0 saturated heterocycles. The van der Waals surface area contributed by atoms with Gasteiger partial charge in [-0.15, -0.1) is 0 Å². The van der Waals surface area contributed by atoms with E-state index in [4.69, 9.17) is 14.4 Å². The summed E-state index contributed by atoms with van der Waals surface area (Å²) in [6, 6.07) is 45.4. The number of rotatable bonds is 4. The summed E-state index contributed by atoms with van der Waals surface area (Å²) in [4.78, 5) is 14.5. The third-order valence-corrected chi connectivity index (χ3v) is 10.2. The van der Waals surface area contributed by atoms with Crippen LogP contribution in [0.2, 0.25) is 0 Å². The second-order valence-corrected chi connectivity index (χ2v) is 13.2. The Morgan fingerprint density at radius 1 is 0.549 bits per heavy atom. The molecule has 0 fully saturated rings. The van der Waals surface area contributed by atoms with E-state index in [2.05, 4.69) is 121 Å². The van der Waals surface area contributed by atoms with Crippen LogP contribution in [0.15, 0.2) is 150 Å². The molecule has 0 amide bonds. The Hall–Kier alpha value is -6.65. The molecule has 0 atom stereocenters. The standard InChI is InChI=1S/C47H31N3O/c1-3-8-42-28(2)36-21-22-39-43(47(36)51-42)38-10-4-5-12-41(38)50-44(39)30-15-13-29(14-16-30)31-17-18-33-26-34(20-19-32(33)25-31)40-27-35-9-6-23-48-45(35)46-37(40)11-7-24-49-46/h3-27H,1-2H3/b8-3-. The fourth-order valence-corrected chi connectivity index (χ4v) is 7.69. The molecule has 0 aliphatic rings. The van der Waals surface area contributed by atoms with E-state index < -0.39 is 0 Å². The van der Waals surface area contributed by atoms with Gasteiger partial charge in [-0.05, 0) is 89.3 Å². The average Bonchev–Trinajstić information content (AvgIpc) is 3.51. The second-order valence-electron chi connectivity index (χ2n) is 13.2. The molecule has 6 aromatic carbocycles. The molecule has 4 aromatic heterocycles. The number of para-hydroxylation sites is 1. The lowest BCUT2D eigenvalue weighted by Crippen LogP contribution is -1.90. The van der Waals surface area contributed by atoms with Gasteiger partial charge in [-0.1, -0.05) is 97.1 Å². The Labute approximate surface area is 294 Å². The maximum Gasteiger partial charge on any atom is 0.143 e. The molecule has 0 N–H and O–H groups in total. The smallest absolute Gasteiger partial charge is 0.143 e. The van der Waals surface area contributed by atoms with E-state index in [1.54, 1.807) is 0 Å². The van der Waals surface area contributed by atoms with Crippen molar-refractivity contribution >= 4 is 71.3 Å². The van der Waals surface area contributed by atoms with Crippen LogP contribution in [-0.2, 0) is 0 Å².